The highest BCUT2D eigenvalue weighted by atomic mass is 16.5. The first kappa shape index (κ1) is 19.7. The van der Waals surface area contributed by atoms with Gasteiger partial charge >= 0.3 is 0 Å². The molecule has 3 aromatic rings. The van der Waals surface area contributed by atoms with Crippen LogP contribution in [0.25, 0.3) is 11.1 Å². The van der Waals surface area contributed by atoms with Crippen molar-refractivity contribution in [1.82, 2.24) is 0 Å². The highest BCUT2D eigenvalue weighted by Crippen LogP contribution is 2.50. The third-order valence-corrected chi connectivity index (χ3v) is 6.40. The summed E-state index contributed by atoms with van der Waals surface area (Å²) in [6.45, 7) is 5.45. The lowest BCUT2D eigenvalue weighted by atomic mass is 9.92. The number of fused-ring (bicyclic) bond motifs is 1. The maximum absolute atomic E-state index is 13.3. The number of carbonyl (C=O) groups excluding carboxylic acids is 1. The van der Waals surface area contributed by atoms with E-state index in [1.54, 1.807) is 0 Å². The molecule has 158 valence electrons. The van der Waals surface area contributed by atoms with Crippen LogP contribution in [0.3, 0.4) is 0 Å². The summed E-state index contributed by atoms with van der Waals surface area (Å²) < 4.78 is 11.2. The second-order valence-electron chi connectivity index (χ2n) is 8.44. The average molecular weight is 414 g/mol. The zero-order valence-electron chi connectivity index (χ0n) is 18.0. The van der Waals surface area contributed by atoms with Gasteiger partial charge in [0.2, 0.25) is 5.91 Å². The number of nitrogens with one attached hydrogen (secondary N) is 1. The molecule has 0 bridgehead atoms. The average Bonchev–Trinajstić information content (AvgIpc) is 3.47. The molecule has 1 aliphatic heterocycles. The molecule has 1 amide bonds. The fourth-order valence-electron chi connectivity index (χ4n) is 4.41. The van der Waals surface area contributed by atoms with Gasteiger partial charge in [-0.3, -0.25) is 4.79 Å². The molecule has 0 aromatic heterocycles. The Labute approximate surface area is 183 Å². The topological polar surface area (TPSA) is 47.6 Å². The van der Waals surface area contributed by atoms with Crippen molar-refractivity contribution in [1.29, 1.82) is 0 Å². The molecule has 1 saturated carbocycles. The summed E-state index contributed by atoms with van der Waals surface area (Å²) in [6, 6.07) is 20.4. The largest absolute Gasteiger partial charge is 0.494 e. The molecule has 31 heavy (non-hydrogen) atoms. The molecule has 1 N–H and O–H groups in total. The van der Waals surface area contributed by atoms with Gasteiger partial charge in [0.15, 0.2) is 0 Å². The smallest absolute Gasteiger partial charge is 0.235 e. The van der Waals surface area contributed by atoms with E-state index in [0.717, 1.165) is 59.7 Å². The van der Waals surface area contributed by atoms with Crippen LogP contribution in [0, 0.1) is 6.92 Å². The molecule has 4 heteroatoms. The predicted octanol–water partition coefficient (Wildman–Crippen LogP) is 5.67. The van der Waals surface area contributed by atoms with Crippen molar-refractivity contribution in [2.24, 2.45) is 0 Å². The van der Waals surface area contributed by atoms with E-state index in [2.05, 4.69) is 48.6 Å². The lowest BCUT2D eigenvalue weighted by molar-refractivity contribution is -0.118. The lowest BCUT2D eigenvalue weighted by Gasteiger charge is -2.18. The number of carbonyl (C=O) groups is 1. The van der Waals surface area contributed by atoms with Gasteiger partial charge in [-0.15, -0.1) is 0 Å². The standard InChI is InChI=1S/C27H27NO3/c1-3-30-23-9-5-19(6-10-23)24-17-22(8-4-18(24)2)28-26(29)27(13-14-27)21-7-11-25-20(16-21)12-15-31-25/h4-11,16-17H,3,12-15H2,1-2H3,(H,28,29). The van der Waals surface area contributed by atoms with E-state index in [9.17, 15) is 4.79 Å². The molecule has 2 aliphatic rings. The third-order valence-electron chi connectivity index (χ3n) is 6.40. The van der Waals surface area contributed by atoms with Gasteiger partial charge in [-0.2, -0.15) is 0 Å². The molecule has 0 unspecified atom stereocenters. The Morgan fingerprint density at radius 3 is 2.61 bits per heavy atom. The summed E-state index contributed by atoms with van der Waals surface area (Å²) in [4.78, 5) is 13.3. The second-order valence-corrected chi connectivity index (χ2v) is 8.44. The van der Waals surface area contributed by atoms with Crippen LogP contribution in [0.2, 0.25) is 0 Å². The van der Waals surface area contributed by atoms with Crippen molar-refractivity contribution in [3.05, 3.63) is 77.4 Å². The Morgan fingerprint density at radius 2 is 1.87 bits per heavy atom. The monoisotopic (exact) mass is 413 g/mol. The van der Waals surface area contributed by atoms with Gasteiger partial charge < -0.3 is 14.8 Å². The van der Waals surface area contributed by atoms with E-state index in [1.165, 1.54) is 11.1 Å². The minimum Gasteiger partial charge on any atom is -0.494 e. The van der Waals surface area contributed by atoms with E-state index in [1.807, 2.05) is 31.2 Å². The van der Waals surface area contributed by atoms with Crippen LogP contribution >= 0.6 is 0 Å². The van der Waals surface area contributed by atoms with Crippen molar-refractivity contribution in [3.63, 3.8) is 0 Å². The van der Waals surface area contributed by atoms with Gasteiger partial charge in [-0.1, -0.05) is 30.3 Å². The number of rotatable bonds is 6. The molecule has 1 fully saturated rings. The van der Waals surface area contributed by atoms with Crippen molar-refractivity contribution < 1.29 is 14.3 Å². The summed E-state index contributed by atoms with van der Waals surface area (Å²) >= 11 is 0. The molecule has 1 heterocycles. The van der Waals surface area contributed by atoms with Gasteiger partial charge in [-0.05, 0) is 84.8 Å². The molecule has 0 atom stereocenters. The quantitative estimate of drug-likeness (QED) is 0.567. The Morgan fingerprint density at radius 1 is 1.06 bits per heavy atom. The van der Waals surface area contributed by atoms with Crippen molar-refractivity contribution >= 4 is 11.6 Å². The maximum atomic E-state index is 13.3. The molecule has 5 rings (SSSR count). The SMILES string of the molecule is CCOc1ccc(-c2cc(NC(=O)C3(c4ccc5c(c4)CCO5)CC3)ccc2C)cc1. The van der Waals surface area contributed by atoms with Crippen LogP contribution in [0.1, 0.15) is 36.5 Å². The van der Waals surface area contributed by atoms with Gasteiger partial charge in [0.1, 0.15) is 11.5 Å². The number of hydrogen-bond acceptors (Lipinski definition) is 3. The zero-order valence-corrected chi connectivity index (χ0v) is 18.0. The Balaban J connectivity index is 1.38. The van der Waals surface area contributed by atoms with Gasteiger partial charge in [0.25, 0.3) is 0 Å². The molecule has 3 aromatic carbocycles. The summed E-state index contributed by atoms with van der Waals surface area (Å²) in [5.74, 6) is 1.90. The van der Waals surface area contributed by atoms with Crippen LogP contribution in [-0.2, 0) is 16.6 Å². The molecular weight excluding hydrogens is 386 g/mol. The summed E-state index contributed by atoms with van der Waals surface area (Å²) in [7, 11) is 0. The third kappa shape index (κ3) is 3.67. The second kappa shape index (κ2) is 7.77. The Bertz CT molecular complexity index is 1130. The maximum Gasteiger partial charge on any atom is 0.235 e. The first-order valence-electron chi connectivity index (χ1n) is 11.0. The summed E-state index contributed by atoms with van der Waals surface area (Å²) in [5.41, 5.74) is 6.12. The Hall–Kier alpha value is -3.27. The fourth-order valence-corrected chi connectivity index (χ4v) is 4.41. The van der Waals surface area contributed by atoms with Crippen LogP contribution < -0.4 is 14.8 Å². The molecule has 0 spiro atoms. The number of benzene rings is 3. The minimum atomic E-state index is -0.415. The van der Waals surface area contributed by atoms with Crippen molar-refractivity contribution in [2.45, 2.75) is 38.5 Å². The van der Waals surface area contributed by atoms with Crippen molar-refractivity contribution in [3.8, 4) is 22.6 Å². The molecule has 1 aliphatic carbocycles. The van der Waals surface area contributed by atoms with Gasteiger partial charge in [0.05, 0.1) is 18.6 Å². The van der Waals surface area contributed by atoms with Crippen LogP contribution in [-0.4, -0.2) is 19.1 Å². The summed E-state index contributed by atoms with van der Waals surface area (Å²) in [6.07, 6.45) is 2.69. The fraction of sp³-hybridized carbons (Fsp3) is 0.296. The zero-order chi connectivity index (χ0) is 21.4. The minimum absolute atomic E-state index is 0.0767. The molecular formula is C27H27NO3. The van der Waals surface area contributed by atoms with E-state index in [0.29, 0.717) is 6.61 Å². The van der Waals surface area contributed by atoms with E-state index < -0.39 is 5.41 Å². The van der Waals surface area contributed by atoms with E-state index in [-0.39, 0.29) is 5.91 Å². The van der Waals surface area contributed by atoms with Crippen LogP contribution in [0.15, 0.2) is 60.7 Å². The predicted molar refractivity (Wildman–Crippen MR) is 123 cm³/mol. The molecule has 4 nitrogen and oxygen atoms in total. The number of hydrogen-bond donors (Lipinski definition) is 1. The Kier molecular flexibility index (Phi) is 4.93. The number of ether oxygens (including phenoxy) is 2. The lowest BCUT2D eigenvalue weighted by Crippen LogP contribution is -2.27. The number of amides is 1. The van der Waals surface area contributed by atoms with E-state index in [4.69, 9.17) is 9.47 Å². The van der Waals surface area contributed by atoms with Gasteiger partial charge in [0, 0.05) is 12.1 Å². The van der Waals surface area contributed by atoms with Crippen LogP contribution in [0.4, 0.5) is 5.69 Å². The highest BCUT2D eigenvalue weighted by molar-refractivity contribution is 6.02. The number of aryl methyl sites for hydroxylation is 1. The van der Waals surface area contributed by atoms with Crippen molar-refractivity contribution in [2.75, 3.05) is 18.5 Å². The first-order valence-corrected chi connectivity index (χ1v) is 11.0. The van der Waals surface area contributed by atoms with E-state index >= 15 is 0 Å². The normalized spacial score (nSPS) is 15.7. The number of anilines is 1. The summed E-state index contributed by atoms with van der Waals surface area (Å²) in [5, 5.41) is 3.19. The first-order chi connectivity index (χ1) is 15.1. The molecule has 0 saturated heterocycles. The highest BCUT2D eigenvalue weighted by Gasteiger charge is 2.51. The van der Waals surface area contributed by atoms with Crippen LogP contribution in [0.5, 0.6) is 11.5 Å². The molecule has 0 radical (unpaired) electrons. The van der Waals surface area contributed by atoms with Gasteiger partial charge in [-0.25, -0.2) is 0 Å².